The summed E-state index contributed by atoms with van der Waals surface area (Å²) in [5.41, 5.74) is 0. The fraction of sp³-hybridized carbons (Fsp3) is 0. The molecule has 0 aromatic rings. The van der Waals surface area contributed by atoms with Crippen molar-refractivity contribution in [1.82, 2.24) is 0 Å². The lowest BCUT2D eigenvalue weighted by Gasteiger charge is -1.68. The van der Waals surface area contributed by atoms with Gasteiger partial charge in [-0.05, 0) is 0 Å². The highest BCUT2D eigenvalue weighted by Crippen LogP contribution is 1.73. The fourth-order valence-corrected chi connectivity index (χ4v) is 0. The van der Waals surface area contributed by atoms with Crippen LogP contribution in [0, 0.1) is 0 Å². The molecule has 0 spiro atoms. The minimum Gasteiger partial charge on any atom is -0.229 e. The van der Waals surface area contributed by atoms with Crippen LogP contribution in [-0.2, 0) is 0 Å². The first-order valence-corrected chi connectivity index (χ1v) is 12.6. The van der Waals surface area contributed by atoms with Gasteiger partial charge in [0.15, 0.2) is 0 Å². The number of hydrogen-bond acceptors (Lipinski definition) is 1. The van der Waals surface area contributed by atoms with Gasteiger partial charge in [0, 0.05) is 9.76 Å². The third kappa shape index (κ3) is 3.00. The van der Waals surface area contributed by atoms with E-state index in [-0.39, 0.29) is 0 Å². The molecule has 0 aliphatic carbocycles. The Hall–Kier alpha value is 1.00. The SMILES string of the molecule is [SiH3][SiH2]S[SiH3]. The van der Waals surface area contributed by atoms with Crippen LogP contribution in [0.5, 0.6) is 0 Å². The summed E-state index contributed by atoms with van der Waals surface area (Å²) in [7, 11) is 5.67. The Bertz CT molecular complexity index is 5.25. The Morgan fingerprint density at radius 2 is 2.00 bits per heavy atom. The Morgan fingerprint density at radius 3 is 2.00 bits per heavy atom. The van der Waals surface area contributed by atoms with E-state index in [2.05, 4.69) is 10.7 Å². The third-order valence-corrected chi connectivity index (χ3v) is 23.4. The summed E-state index contributed by atoms with van der Waals surface area (Å²) in [6, 6.07) is 0. The molecule has 0 amide bonds. The van der Waals surface area contributed by atoms with Crippen molar-refractivity contribution in [2.75, 3.05) is 0 Å². The smallest absolute Gasteiger partial charge is 0.0608 e. The molecule has 0 bridgehead atoms. The van der Waals surface area contributed by atoms with E-state index in [9.17, 15) is 0 Å². The molecule has 4 heteroatoms. The van der Waals surface area contributed by atoms with E-state index < -0.39 is 0 Å². The van der Waals surface area contributed by atoms with E-state index in [1.807, 2.05) is 0 Å². The van der Waals surface area contributed by atoms with Crippen LogP contribution >= 0.6 is 10.7 Å². The third-order valence-electron chi connectivity index (χ3n) is 0.289. The molecule has 0 aliphatic rings. The number of hydrogen-bond donors (Lipinski definition) is 0. The predicted octanol–water partition coefficient (Wildman–Crippen LogP) is -2.64. The van der Waals surface area contributed by atoms with Crippen molar-refractivity contribution in [3.8, 4) is 0 Å². The molecular weight excluding hydrogens is 116 g/mol. The summed E-state index contributed by atoms with van der Waals surface area (Å²) in [5, 5.41) is 0. The molecule has 0 heterocycles. The number of rotatable bonds is 1. The van der Waals surface area contributed by atoms with Gasteiger partial charge in [0.25, 0.3) is 0 Å². The van der Waals surface area contributed by atoms with Crippen LogP contribution in [0.25, 0.3) is 0 Å². The second-order valence-electron chi connectivity index (χ2n) is 0.577. The van der Waals surface area contributed by atoms with Gasteiger partial charge in [-0.1, -0.05) is 0 Å². The van der Waals surface area contributed by atoms with E-state index in [4.69, 9.17) is 0 Å². The molecule has 0 radical (unpaired) electrons. The van der Waals surface area contributed by atoms with Crippen molar-refractivity contribution in [2.45, 2.75) is 0 Å². The maximum absolute atomic E-state index is 2.20. The molecule has 0 nitrogen and oxygen atoms in total. The Kier molecular flexibility index (Phi) is 5.00. The van der Waals surface area contributed by atoms with Gasteiger partial charge in [0.05, 0.1) is 17.6 Å². The van der Waals surface area contributed by atoms with Gasteiger partial charge in [-0.15, -0.1) is 0 Å². The van der Waals surface area contributed by atoms with Crippen molar-refractivity contribution in [1.29, 1.82) is 0 Å². The minimum absolute atomic E-state index is 0.542. The average Bonchev–Trinajstić information content (AvgIpc) is 1.37. The Balaban J connectivity index is 1.97. The van der Waals surface area contributed by atoms with Gasteiger partial charge >= 0.3 is 0 Å². The molecule has 0 aromatic heterocycles. The van der Waals surface area contributed by atoms with Gasteiger partial charge in [-0.25, -0.2) is 10.7 Å². The van der Waals surface area contributed by atoms with E-state index in [1.165, 1.54) is 19.2 Å². The molecule has 26 valence electrons. The highest BCUT2D eigenvalue weighted by Gasteiger charge is 1.57. The lowest BCUT2D eigenvalue weighted by atomic mass is 27.0. The molecule has 0 saturated heterocycles. The van der Waals surface area contributed by atoms with Gasteiger partial charge in [0.2, 0.25) is 0 Å². The maximum atomic E-state index is 2.20. The van der Waals surface area contributed by atoms with Gasteiger partial charge < -0.3 is 0 Å². The summed E-state index contributed by atoms with van der Waals surface area (Å²) in [6.45, 7) is 0. The zero-order valence-corrected chi connectivity index (χ0v) is 9.35. The molecule has 0 saturated carbocycles. The standard InChI is InChI=1S/H8SSi3/c2-1-4-3/h4H2,2-3H3. The van der Waals surface area contributed by atoms with Crippen LogP contribution in [0.3, 0.4) is 0 Å². The minimum atomic E-state index is 0.542. The van der Waals surface area contributed by atoms with E-state index >= 15 is 0 Å². The quantitative estimate of drug-likeness (QED) is 0.345. The van der Waals surface area contributed by atoms with Gasteiger partial charge in [-0.2, -0.15) is 0 Å². The van der Waals surface area contributed by atoms with Crippen molar-refractivity contribution in [2.24, 2.45) is 0 Å². The normalized spacial score (nSPS) is 12.0. The van der Waals surface area contributed by atoms with Gasteiger partial charge in [0.1, 0.15) is 0 Å². The first kappa shape index (κ1) is 5.00. The predicted molar refractivity (Wildman–Crippen MR) is 36.0 cm³/mol. The Labute approximate surface area is 38.5 Å². The van der Waals surface area contributed by atoms with Gasteiger partial charge in [-0.3, -0.25) is 0 Å². The maximum Gasteiger partial charge on any atom is 0.0608 e. The van der Waals surface area contributed by atoms with E-state index in [0.717, 1.165) is 0 Å². The molecule has 4 heavy (non-hydrogen) atoms. The highest BCUT2D eigenvalue weighted by molar-refractivity contribution is 8.41. The van der Waals surface area contributed by atoms with Crippen LogP contribution in [0.1, 0.15) is 0 Å². The molecule has 0 rings (SSSR count). The first-order valence-electron chi connectivity index (χ1n) is 1.40. The second kappa shape index (κ2) is 4.00. The van der Waals surface area contributed by atoms with Crippen LogP contribution in [0.2, 0.25) is 0 Å². The summed E-state index contributed by atoms with van der Waals surface area (Å²) in [5.74, 6) is 0. The summed E-state index contributed by atoms with van der Waals surface area (Å²) in [4.78, 5) is 0. The summed E-state index contributed by atoms with van der Waals surface area (Å²) < 4.78 is 0. The molecule has 0 aliphatic heterocycles. The molecular formula is H8SSi3. The van der Waals surface area contributed by atoms with Crippen molar-refractivity contribution in [3.63, 3.8) is 0 Å². The van der Waals surface area contributed by atoms with E-state index in [0.29, 0.717) is 8.19 Å². The molecule has 0 atom stereocenters. The van der Waals surface area contributed by atoms with Crippen molar-refractivity contribution < 1.29 is 0 Å². The summed E-state index contributed by atoms with van der Waals surface area (Å²) in [6.07, 6.45) is 0. The zero-order valence-electron chi connectivity index (χ0n) is 3.12. The summed E-state index contributed by atoms with van der Waals surface area (Å²) >= 11 is 0. The molecule has 0 N–H and O–H groups in total. The second-order valence-corrected chi connectivity index (χ2v) is 15.6. The van der Waals surface area contributed by atoms with Crippen LogP contribution in [0.15, 0.2) is 0 Å². The Morgan fingerprint density at radius 1 is 1.75 bits per heavy atom. The van der Waals surface area contributed by atoms with Crippen molar-refractivity contribution >= 4 is 38.0 Å². The lowest BCUT2D eigenvalue weighted by Crippen LogP contribution is -1.73. The van der Waals surface area contributed by atoms with Crippen LogP contribution in [0.4, 0.5) is 0 Å². The monoisotopic (exact) mass is 124 g/mol. The molecule has 0 unspecified atom stereocenters. The lowest BCUT2D eigenvalue weighted by molar-refractivity contribution is 4.51. The highest BCUT2D eigenvalue weighted by atomic mass is 32.5. The average molecular weight is 124 g/mol. The topological polar surface area (TPSA) is 0 Å². The van der Waals surface area contributed by atoms with Crippen molar-refractivity contribution in [3.05, 3.63) is 0 Å². The zero-order chi connectivity index (χ0) is 3.41. The first-order chi connectivity index (χ1) is 1.91. The molecule has 0 fully saturated rings. The fourth-order valence-electron chi connectivity index (χ4n) is 0. The van der Waals surface area contributed by atoms with Crippen LogP contribution < -0.4 is 0 Å². The largest absolute Gasteiger partial charge is 0.229 e. The van der Waals surface area contributed by atoms with E-state index in [1.54, 1.807) is 0 Å². The van der Waals surface area contributed by atoms with Crippen LogP contribution in [-0.4, -0.2) is 27.3 Å². The molecule has 0 aromatic carbocycles.